The number of hydrogen-bond acceptors (Lipinski definition) is 3. The second-order valence-corrected chi connectivity index (χ2v) is 8.54. The Labute approximate surface area is 200 Å². The molecule has 6 aromatic rings. The quantitative estimate of drug-likeness (QED) is 0.271. The average Bonchev–Trinajstić information content (AvgIpc) is 3.24. The van der Waals surface area contributed by atoms with Gasteiger partial charge in [0.05, 0.1) is 18.2 Å². The lowest BCUT2D eigenvalue weighted by Crippen LogP contribution is -2.33. The molecule has 0 radical (unpaired) electrons. The molecular formula is C29H20F2N3O+. The normalized spacial score (nSPS) is 11.4. The summed E-state index contributed by atoms with van der Waals surface area (Å²) in [5.74, 6) is 0.00909. The third kappa shape index (κ3) is 3.46. The molecule has 0 aliphatic heterocycles. The van der Waals surface area contributed by atoms with Crippen molar-refractivity contribution in [3.63, 3.8) is 0 Å². The molecule has 4 nitrogen and oxygen atoms in total. The number of fused-ring (bicyclic) bond motifs is 3. The van der Waals surface area contributed by atoms with Crippen molar-refractivity contribution in [1.29, 1.82) is 0 Å². The summed E-state index contributed by atoms with van der Waals surface area (Å²) in [6, 6.07) is 24.8. The second kappa shape index (κ2) is 8.09. The van der Waals surface area contributed by atoms with Gasteiger partial charge < -0.3 is 4.42 Å². The molecule has 0 bridgehead atoms. The van der Waals surface area contributed by atoms with E-state index in [9.17, 15) is 4.39 Å². The first-order valence-corrected chi connectivity index (χ1v) is 11.2. The van der Waals surface area contributed by atoms with Crippen LogP contribution in [0.5, 0.6) is 0 Å². The van der Waals surface area contributed by atoms with Crippen LogP contribution in [0.2, 0.25) is 0 Å². The van der Waals surface area contributed by atoms with Crippen LogP contribution in [-0.4, -0.2) is 9.97 Å². The summed E-state index contributed by atoms with van der Waals surface area (Å²) in [6.45, 7) is 1.91. The highest BCUT2D eigenvalue weighted by Gasteiger charge is 2.24. The Balaban J connectivity index is 1.59. The van der Waals surface area contributed by atoms with Crippen molar-refractivity contribution >= 4 is 21.9 Å². The van der Waals surface area contributed by atoms with Crippen LogP contribution < -0.4 is 4.57 Å². The Kier molecular flexibility index (Phi) is 4.88. The molecule has 2 heterocycles. The summed E-state index contributed by atoms with van der Waals surface area (Å²) in [5.41, 5.74) is 5.71. The lowest BCUT2D eigenvalue weighted by molar-refractivity contribution is -0.666. The molecule has 0 atom stereocenters. The van der Waals surface area contributed by atoms with Gasteiger partial charge in [0.1, 0.15) is 17.0 Å². The number of aromatic nitrogens is 3. The number of rotatable bonds is 3. The van der Waals surface area contributed by atoms with E-state index in [-0.39, 0.29) is 5.82 Å². The van der Waals surface area contributed by atoms with Crippen molar-refractivity contribution in [3.05, 3.63) is 103 Å². The van der Waals surface area contributed by atoms with Crippen LogP contribution in [0.25, 0.3) is 55.6 Å². The minimum Gasteiger partial charge on any atom is -0.454 e. The van der Waals surface area contributed by atoms with Gasteiger partial charge in [-0.25, -0.2) is 8.96 Å². The molecule has 0 N–H and O–H groups in total. The van der Waals surface area contributed by atoms with Gasteiger partial charge in [0, 0.05) is 10.8 Å². The van der Waals surface area contributed by atoms with Crippen LogP contribution in [0.1, 0.15) is 5.56 Å². The monoisotopic (exact) mass is 464 g/mol. The first-order chi connectivity index (χ1) is 17.0. The Morgan fingerprint density at radius 1 is 0.714 bits per heavy atom. The largest absolute Gasteiger partial charge is 0.461 e. The molecule has 35 heavy (non-hydrogen) atoms. The summed E-state index contributed by atoms with van der Waals surface area (Å²) in [6.07, 6.45) is 0.550. The Bertz CT molecular complexity index is 1730. The molecule has 0 saturated carbocycles. The first-order valence-electron chi connectivity index (χ1n) is 11.2. The maximum atomic E-state index is 15.2. The maximum absolute atomic E-state index is 15.2. The predicted octanol–water partition coefficient (Wildman–Crippen LogP) is 6.79. The van der Waals surface area contributed by atoms with E-state index >= 15 is 4.39 Å². The standard InChI is InChI=1S/C29H20F2N3O/c1-17-8-13-21-22-14-15-23(30)25(20-11-9-19(10-12-20)18-6-4-3-5-7-18)27(22)35-26(21)24(17)28-33-29(31)32-16-34(28)2/h3-16H,1-2H3/q+1. The van der Waals surface area contributed by atoms with E-state index in [1.807, 2.05) is 73.7 Å². The predicted molar refractivity (Wildman–Crippen MR) is 131 cm³/mol. The molecule has 0 fully saturated rings. The third-order valence-electron chi connectivity index (χ3n) is 6.34. The topological polar surface area (TPSA) is 42.8 Å². The van der Waals surface area contributed by atoms with Gasteiger partial charge in [0.15, 0.2) is 0 Å². The van der Waals surface area contributed by atoms with Crippen LogP contribution in [0.4, 0.5) is 8.78 Å². The molecule has 0 aliphatic carbocycles. The van der Waals surface area contributed by atoms with E-state index in [0.29, 0.717) is 33.7 Å². The molecule has 2 aromatic heterocycles. The zero-order valence-electron chi connectivity index (χ0n) is 19.1. The van der Waals surface area contributed by atoms with Gasteiger partial charge in [0.25, 0.3) is 5.82 Å². The van der Waals surface area contributed by atoms with E-state index in [0.717, 1.165) is 27.5 Å². The SMILES string of the molecule is Cc1ccc2c(oc3c(-c4ccc(-c5ccccc5)cc4)c(F)ccc32)c1-c1nc(F)nc[n+]1C. The molecule has 6 rings (SSSR count). The fourth-order valence-corrected chi connectivity index (χ4v) is 4.60. The summed E-state index contributed by atoms with van der Waals surface area (Å²) in [7, 11) is 1.75. The van der Waals surface area contributed by atoms with Crippen molar-refractivity contribution in [2.24, 2.45) is 7.05 Å². The molecule has 6 heteroatoms. The van der Waals surface area contributed by atoms with Crippen LogP contribution >= 0.6 is 0 Å². The maximum Gasteiger partial charge on any atom is 0.461 e. The van der Waals surface area contributed by atoms with Crippen LogP contribution in [0.3, 0.4) is 0 Å². The fourth-order valence-electron chi connectivity index (χ4n) is 4.60. The highest BCUT2D eigenvalue weighted by molar-refractivity contribution is 6.13. The van der Waals surface area contributed by atoms with Crippen molar-refractivity contribution < 1.29 is 17.8 Å². The van der Waals surface area contributed by atoms with Gasteiger partial charge in [-0.15, -0.1) is 4.39 Å². The highest BCUT2D eigenvalue weighted by atomic mass is 19.1. The summed E-state index contributed by atoms with van der Waals surface area (Å²) in [4.78, 5) is 7.63. The van der Waals surface area contributed by atoms with Crippen molar-refractivity contribution in [2.45, 2.75) is 6.92 Å². The minimum absolute atomic E-state index is 0.374. The van der Waals surface area contributed by atoms with Gasteiger partial charge in [0.2, 0.25) is 6.33 Å². The Morgan fingerprint density at radius 2 is 1.34 bits per heavy atom. The van der Waals surface area contributed by atoms with Gasteiger partial charge in [-0.05, 0) is 51.3 Å². The zero-order valence-corrected chi connectivity index (χ0v) is 19.1. The molecule has 0 aliphatic rings. The van der Waals surface area contributed by atoms with Crippen LogP contribution in [0, 0.1) is 18.8 Å². The van der Waals surface area contributed by atoms with E-state index in [1.165, 1.54) is 12.4 Å². The van der Waals surface area contributed by atoms with E-state index in [2.05, 4.69) is 9.97 Å². The number of benzene rings is 4. The minimum atomic E-state index is -0.823. The Morgan fingerprint density at radius 3 is 2.09 bits per heavy atom. The molecule has 0 saturated heterocycles. The molecular weight excluding hydrogens is 444 g/mol. The number of nitrogens with zero attached hydrogens (tertiary/aromatic N) is 3. The third-order valence-corrected chi connectivity index (χ3v) is 6.34. The van der Waals surface area contributed by atoms with E-state index < -0.39 is 6.08 Å². The fraction of sp³-hybridized carbons (Fsp3) is 0.0690. The van der Waals surface area contributed by atoms with Gasteiger partial charge in [-0.1, -0.05) is 66.7 Å². The van der Waals surface area contributed by atoms with E-state index in [4.69, 9.17) is 4.42 Å². The molecule has 0 unspecified atom stereocenters. The van der Waals surface area contributed by atoms with Crippen LogP contribution in [0.15, 0.2) is 89.6 Å². The molecule has 0 amide bonds. The number of hydrogen-bond donors (Lipinski definition) is 0. The lowest BCUT2D eigenvalue weighted by Gasteiger charge is -2.07. The Hall–Kier alpha value is -4.45. The summed E-state index contributed by atoms with van der Waals surface area (Å²) in [5, 5.41) is 1.59. The molecule has 0 spiro atoms. The molecule has 4 aromatic carbocycles. The summed E-state index contributed by atoms with van der Waals surface area (Å²) >= 11 is 0. The van der Waals surface area contributed by atoms with Crippen molar-refractivity contribution in [2.75, 3.05) is 0 Å². The van der Waals surface area contributed by atoms with Gasteiger partial charge in [-0.3, -0.25) is 0 Å². The number of furan rings is 1. The van der Waals surface area contributed by atoms with Gasteiger partial charge in [-0.2, -0.15) is 0 Å². The van der Waals surface area contributed by atoms with Crippen molar-refractivity contribution in [1.82, 2.24) is 9.97 Å². The molecule has 170 valence electrons. The lowest BCUT2D eigenvalue weighted by atomic mass is 9.98. The number of aryl methyl sites for hydroxylation is 2. The van der Waals surface area contributed by atoms with Crippen LogP contribution in [-0.2, 0) is 7.05 Å². The average molecular weight is 464 g/mol. The number of halogens is 2. The summed E-state index contributed by atoms with van der Waals surface area (Å²) < 4.78 is 37.2. The van der Waals surface area contributed by atoms with Gasteiger partial charge >= 0.3 is 6.08 Å². The zero-order chi connectivity index (χ0) is 24.1. The van der Waals surface area contributed by atoms with E-state index in [1.54, 1.807) is 17.7 Å². The second-order valence-electron chi connectivity index (χ2n) is 8.54. The highest BCUT2D eigenvalue weighted by Crippen LogP contribution is 2.41. The first kappa shape index (κ1) is 21.1. The smallest absolute Gasteiger partial charge is 0.454 e. The van der Waals surface area contributed by atoms with Crippen molar-refractivity contribution in [3.8, 4) is 33.6 Å².